The molecule has 36 heavy (non-hydrogen) atoms. The van der Waals surface area contributed by atoms with Crippen LogP contribution in [0.15, 0.2) is 144 Å². The monoisotopic (exact) mass is 501 g/mol. The molecule has 0 spiro atoms. The maximum absolute atomic E-state index is 5.79. The number of H-pyrrole nitrogens is 1. The molecule has 0 aliphatic heterocycles. The van der Waals surface area contributed by atoms with Crippen molar-refractivity contribution in [2.75, 3.05) is 0 Å². The molecule has 0 atom stereocenters. The number of fused-ring (bicyclic) bond motifs is 1. The molecule has 0 aliphatic rings. The molecule has 0 fully saturated rings. The highest BCUT2D eigenvalue weighted by molar-refractivity contribution is 7.87. The molecule has 1 aromatic heterocycles. The number of para-hydroxylation sites is 3. The summed E-state index contributed by atoms with van der Waals surface area (Å²) in [4.78, 5) is 3.36. The fraction of sp³-hybridized carbons (Fsp3) is 0. The Morgan fingerprint density at radius 3 is 1.61 bits per heavy atom. The van der Waals surface area contributed by atoms with Gasteiger partial charge in [-0.15, -0.1) is 0 Å². The van der Waals surface area contributed by atoms with Gasteiger partial charge >= 0.3 is 0 Å². The van der Waals surface area contributed by atoms with Crippen molar-refractivity contribution in [1.29, 1.82) is 0 Å². The van der Waals surface area contributed by atoms with Crippen LogP contribution in [-0.2, 0) is 0 Å². The average Bonchev–Trinajstić information content (AvgIpc) is 3.29. The standard InChI is InChI=1S/C31H24N3PS/c36-31-32-27-20-10-12-22-29(27)34(31)30-23-13-11-21-28(30)33-35(24-14-4-1-5-15-24,25-16-6-2-7-17-25)26-18-8-3-9-19-26/h1-23H,(H,32,36). The van der Waals surface area contributed by atoms with Crippen molar-refractivity contribution < 1.29 is 0 Å². The third-order valence-corrected chi connectivity index (χ3v) is 10.3. The van der Waals surface area contributed by atoms with Gasteiger partial charge in [0, 0.05) is 15.9 Å². The van der Waals surface area contributed by atoms with E-state index in [2.05, 4.69) is 131 Å². The van der Waals surface area contributed by atoms with Crippen molar-refractivity contribution in [1.82, 2.24) is 9.55 Å². The largest absolute Gasteiger partial charge is 0.330 e. The minimum atomic E-state index is -2.41. The molecule has 0 bridgehead atoms. The molecular weight excluding hydrogens is 477 g/mol. The van der Waals surface area contributed by atoms with Crippen LogP contribution in [0, 0.1) is 4.77 Å². The molecule has 5 heteroatoms. The summed E-state index contributed by atoms with van der Waals surface area (Å²) in [6.45, 7) is 0. The van der Waals surface area contributed by atoms with Crippen LogP contribution < -0.4 is 15.9 Å². The Labute approximate surface area is 215 Å². The Balaban J connectivity index is 1.75. The minimum absolute atomic E-state index is 0.655. The van der Waals surface area contributed by atoms with Gasteiger partial charge in [-0.1, -0.05) is 115 Å². The van der Waals surface area contributed by atoms with Crippen LogP contribution in [0.4, 0.5) is 5.69 Å². The fourth-order valence-electron chi connectivity index (χ4n) is 4.75. The number of benzene rings is 5. The quantitative estimate of drug-likeness (QED) is 0.193. The summed E-state index contributed by atoms with van der Waals surface area (Å²) in [7, 11) is -2.41. The first-order chi connectivity index (χ1) is 17.8. The lowest BCUT2D eigenvalue weighted by Crippen LogP contribution is -2.25. The van der Waals surface area contributed by atoms with Crippen molar-refractivity contribution >= 4 is 51.9 Å². The van der Waals surface area contributed by atoms with E-state index in [0.29, 0.717) is 4.77 Å². The van der Waals surface area contributed by atoms with Gasteiger partial charge in [-0.05, 0) is 36.5 Å². The summed E-state index contributed by atoms with van der Waals surface area (Å²) < 4.78 is 8.49. The second-order valence-corrected chi connectivity index (χ2v) is 11.9. The van der Waals surface area contributed by atoms with Crippen LogP contribution in [0.25, 0.3) is 16.7 Å². The number of nitrogens with zero attached hydrogens (tertiary/aromatic N) is 2. The van der Waals surface area contributed by atoms with Gasteiger partial charge in [-0.25, -0.2) is 0 Å². The van der Waals surface area contributed by atoms with Gasteiger partial charge < -0.3 is 4.98 Å². The molecule has 1 N–H and O–H groups in total. The lowest BCUT2D eigenvalue weighted by molar-refractivity contribution is 1.06. The number of aromatic nitrogens is 2. The molecule has 1 heterocycles. The summed E-state index contributed by atoms with van der Waals surface area (Å²) in [6, 6.07) is 48.5. The first-order valence-corrected chi connectivity index (χ1v) is 14.0. The van der Waals surface area contributed by atoms with Crippen molar-refractivity contribution in [3.8, 4) is 5.69 Å². The SMILES string of the molecule is S=c1[nH]c2ccccc2n1-c1ccccc1N=P(c1ccccc1)(c1ccccc1)c1ccccc1. The van der Waals surface area contributed by atoms with Crippen LogP contribution in [0.3, 0.4) is 0 Å². The summed E-state index contributed by atoms with van der Waals surface area (Å²) in [5, 5.41) is 3.62. The highest BCUT2D eigenvalue weighted by atomic mass is 32.1. The zero-order valence-electron chi connectivity index (χ0n) is 19.5. The van der Waals surface area contributed by atoms with Gasteiger partial charge in [0.2, 0.25) is 0 Å². The van der Waals surface area contributed by atoms with Gasteiger partial charge in [-0.2, -0.15) is 0 Å². The highest BCUT2D eigenvalue weighted by Crippen LogP contribution is 2.50. The molecule has 3 nitrogen and oxygen atoms in total. The Hall–Kier alpha value is -3.98. The third kappa shape index (κ3) is 3.85. The number of aromatic amines is 1. The topological polar surface area (TPSA) is 33.1 Å². The normalized spacial score (nSPS) is 11.4. The van der Waals surface area contributed by atoms with Gasteiger partial charge in [0.15, 0.2) is 4.77 Å². The van der Waals surface area contributed by atoms with E-state index in [1.807, 2.05) is 18.2 Å². The molecule has 6 aromatic rings. The van der Waals surface area contributed by atoms with E-state index in [9.17, 15) is 0 Å². The van der Waals surface area contributed by atoms with Crippen molar-refractivity contribution in [2.24, 2.45) is 4.74 Å². The number of rotatable bonds is 5. The lowest BCUT2D eigenvalue weighted by atomic mass is 10.2. The van der Waals surface area contributed by atoms with E-state index in [1.165, 1.54) is 15.9 Å². The van der Waals surface area contributed by atoms with Gasteiger partial charge in [0.25, 0.3) is 0 Å². The molecule has 5 aromatic carbocycles. The van der Waals surface area contributed by atoms with E-state index >= 15 is 0 Å². The van der Waals surface area contributed by atoms with E-state index in [4.69, 9.17) is 17.0 Å². The molecule has 0 radical (unpaired) electrons. The summed E-state index contributed by atoms with van der Waals surface area (Å²) in [6.07, 6.45) is 0. The second kappa shape index (κ2) is 9.58. The van der Waals surface area contributed by atoms with Gasteiger partial charge in [0.1, 0.15) is 0 Å². The summed E-state index contributed by atoms with van der Waals surface area (Å²) in [5.41, 5.74) is 3.91. The maximum atomic E-state index is 5.79. The van der Waals surface area contributed by atoms with Gasteiger partial charge in [-0.3, -0.25) is 9.31 Å². The molecule has 174 valence electrons. The Morgan fingerprint density at radius 1 is 0.556 bits per heavy atom. The molecule has 6 rings (SSSR count). The Bertz CT molecular complexity index is 1650. The van der Waals surface area contributed by atoms with E-state index < -0.39 is 7.05 Å². The minimum Gasteiger partial charge on any atom is -0.330 e. The first kappa shape index (κ1) is 22.5. The van der Waals surface area contributed by atoms with Crippen LogP contribution in [0.2, 0.25) is 0 Å². The van der Waals surface area contributed by atoms with E-state index in [-0.39, 0.29) is 0 Å². The Morgan fingerprint density at radius 2 is 1.03 bits per heavy atom. The molecule has 0 unspecified atom stereocenters. The average molecular weight is 502 g/mol. The van der Waals surface area contributed by atoms with Gasteiger partial charge in [0.05, 0.1) is 29.5 Å². The predicted octanol–water partition coefficient (Wildman–Crippen LogP) is 7.50. The van der Waals surface area contributed by atoms with E-state index in [1.54, 1.807) is 0 Å². The molecule has 0 saturated carbocycles. The molecule has 0 aliphatic carbocycles. The highest BCUT2D eigenvalue weighted by Gasteiger charge is 2.28. The summed E-state index contributed by atoms with van der Waals surface area (Å²) >= 11 is 5.79. The number of imidazole rings is 1. The van der Waals surface area contributed by atoms with Crippen LogP contribution in [-0.4, -0.2) is 9.55 Å². The third-order valence-electron chi connectivity index (χ3n) is 6.36. The Kier molecular flexibility index (Phi) is 5.98. The van der Waals surface area contributed by atoms with Crippen molar-refractivity contribution in [2.45, 2.75) is 0 Å². The maximum Gasteiger partial charge on any atom is 0.182 e. The molecule has 0 saturated heterocycles. The van der Waals surface area contributed by atoms with Crippen molar-refractivity contribution in [3.63, 3.8) is 0 Å². The predicted molar refractivity (Wildman–Crippen MR) is 156 cm³/mol. The van der Waals surface area contributed by atoms with E-state index in [0.717, 1.165) is 22.4 Å². The molecular formula is C31H24N3PS. The van der Waals surface area contributed by atoms with Crippen LogP contribution in [0.5, 0.6) is 0 Å². The lowest BCUT2D eigenvalue weighted by Gasteiger charge is -2.27. The number of hydrogen-bond acceptors (Lipinski definition) is 2. The second-order valence-electron chi connectivity index (χ2n) is 8.51. The zero-order chi connectivity index (χ0) is 24.4. The fourth-order valence-corrected chi connectivity index (χ4v) is 8.60. The molecule has 0 amide bonds. The zero-order valence-corrected chi connectivity index (χ0v) is 21.2. The van der Waals surface area contributed by atoms with Crippen LogP contribution >= 0.6 is 19.3 Å². The number of hydrogen-bond donors (Lipinski definition) is 1. The number of nitrogens with one attached hydrogen (secondary N) is 1. The van der Waals surface area contributed by atoms with Crippen molar-refractivity contribution in [3.05, 3.63) is 144 Å². The first-order valence-electron chi connectivity index (χ1n) is 11.9. The smallest absolute Gasteiger partial charge is 0.182 e. The summed E-state index contributed by atoms with van der Waals surface area (Å²) in [5.74, 6) is 0. The van der Waals surface area contributed by atoms with Crippen LogP contribution in [0.1, 0.15) is 0 Å².